The summed E-state index contributed by atoms with van der Waals surface area (Å²) in [7, 11) is 1.48. The summed E-state index contributed by atoms with van der Waals surface area (Å²) in [6.45, 7) is 1.86. The van der Waals surface area contributed by atoms with Crippen molar-refractivity contribution in [3.8, 4) is 16.9 Å². The van der Waals surface area contributed by atoms with Crippen molar-refractivity contribution in [1.82, 2.24) is 4.98 Å². The first kappa shape index (κ1) is 14.1. The highest BCUT2D eigenvalue weighted by atomic mass is 19.1. The quantitative estimate of drug-likeness (QED) is 0.768. The molecule has 3 rings (SSSR count). The topological polar surface area (TPSA) is 62.3 Å². The monoisotopic (exact) mass is 299 g/mol. The molecule has 0 spiro atoms. The van der Waals surface area contributed by atoms with Gasteiger partial charge >= 0.3 is 5.97 Å². The van der Waals surface area contributed by atoms with Crippen LogP contribution in [0.25, 0.3) is 22.0 Å². The Kier molecular flexibility index (Phi) is 3.33. The maximum atomic E-state index is 14.3. The van der Waals surface area contributed by atoms with Crippen molar-refractivity contribution >= 4 is 16.9 Å². The van der Waals surface area contributed by atoms with Gasteiger partial charge in [0.25, 0.3) is 0 Å². The maximum absolute atomic E-state index is 14.3. The minimum Gasteiger partial charge on any atom is -0.497 e. The number of methoxy groups -OCH3 is 1. The van der Waals surface area contributed by atoms with Crippen LogP contribution >= 0.6 is 0 Å². The molecule has 5 heteroatoms. The van der Waals surface area contributed by atoms with Crippen LogP contribution in [0, 0.1) is 12.7 Å². The van der Waals surface area contributed by atoms with Crippen molar-refractivity contribution in [2.24, 2.45) is 0 Å². The average Bonchev–Trinajstić information content (AvgIpc) is 2.89. The molecular weight excluding hydrogens is 285 g/mol. The summed E-state index contributed by atoms with van der Waals surface area (Å²) in [5.41, 5.74) is 2.82. The normalized spacial score (nSPS) is 10.9. The first-order valence-corrected chi connectivity index (χ1v) is 6.70. The largest absolute Gasteiger partial charge is 0.497 e. The Morgan fingerprint density at radius 3 is 2.64 bits per heavy atom. The molecule has 0 aliphatic heterocycles. The summed E-state index contributed by atoms with van der Waals surface area (Å²) >= 11 is 0. The second-order valence-electron chi connectivity index (χ2n) is 5.07. The number of H-pyrrole nitrogens is 1. The highest BCUT2D eigenvalue weighted by Gasteiger charge is 2.15. The van der Waals surface area contributed by atoms with Crippen molar-refractivity contribution in [1.29, 1.82) is 0 Å². The molecule has 112 valence electrons. The standard InChI is InChI=1S/C17H14FNO3/c1-9-5-16-13(14(8-19-16)17(20)21)7-12(9)11-4-3-10(22-2)6-15(11)18/h3-8,19H,1-2H3,(H,20,21). The summed E-state index contributed by atoms with van der Waals surface area (Å²) < 4.78 is 19.3. The molecule has 0 saturated carbocycles. The van der Waals surface area contributed by atoms with Gasteiger partial charge in [-0.3, -0.25) is 0 Å². The highest BCUT2D eigenvalue weighted by Crippen LogP contribution is 2.32. The molecule has 0 unspecified atom stereocenters. The van der Waals surface area contributed by atoms with Crippen molar-refractivity contribution in [3.63, 3.8) is 0 Å². The molecule has 4 nitrogen and oxygen atoms in total. The molecule has 0 saturated heterocycles. The Labute approximate surface area is 126 Å². The number of carboxylic acids is 1. The predicted octanol–water partition coefficient (Wildman–Crippen LogP) is 3.99. The first-order chi connectivity index (χ1) is 10.5. The molecule has 1 aromatic heterocycles. The van der Waals surface area contributed by atoms with Crippen molar-refractivity contribution < 1.29 is 19.0 Å². The number of hydrogen-bond donors (Lipinski definition) is 2. The average molecular weight is 299 g/mol. The predicted molar refractivity (Wildman–Crippen MR) is 81.9 cm³/mol. The van der Waals surface area contributed by atoms with E-state index in [2.05, 4.69) is 4.98 Å². The SMILES string of the molecule is COc1ccc(-c2cc3c(C(=O)O)c[nH]c3cc2C)c(F)c1. The van der Waals surface area contributed by atoms with Gasteiger partial charge in [0.05, 0.1) is 12.7 Å². The highest BCUT2D eigenvalue weighted by molar-refractivity contribution is 6.04. The molecule has 0 aliphatic carbocycles. The second-order valence-corrected chi connectivity index (χ2v) is 5.07. The summed E-state index contributed by atoms with van der Waals surface area (Å²) in [4.78, 5) is 14.2. The number of nitrogens with one attached hydrogen (secondary N) is 1. The van der Waals surface area contributed by atoms with E-state index in [0.717, 1.165) is 5.56 Å². The van der Waals surface area contributed by atoms with E-state index < -0.39 is 11.8 Å². The number of rotatable bonds is 3. The van der Waals surface area contributed by atoms with Crippen molar-refractivity contribution in [3.05, 3.63) is 53.5 Å². The number of aromatic carboxylic acids is 1. The Morgan fingerprint density at radius 1 is 1.23 bits per heavy atom. The Morgan fingerprint density at radius 2 is 2.00 bits per heavy atom. The van der Waals surface area contributed by atoms with Gasteiger partial charge in [-0.1, -0.05) is 0 Å². The van der Waals surface area contributed by atoms with E-state index in [-0.39, 0.29) is 5.56 Å². The third kappa shape index (κ3) is 2.20. The molecule has 2 N–H and O–H groups in total. The molecular formula is C17H14FNO3. The van der Waals surface area contributed by atoms with E-state index in [4.69, 9.17) is 4.74 Å². The number of fused-ring (bicyclic) bond motifs is 1. The van der Waals surface area contributed by atoms with Crippen LogP contribution in [0.3, 0.4) is 0 Å². The lowest BCUT2D eigenvalue weighted by molar-refractivity contribution is 0.0699. The number of aromatic amines is 1. The second kappa shape index (κ2) is 5.18. The van der Waals surface area contributed by atoms with Gasteiger partial charge in [0.1, 0.15) is 11.6 Å². The summed E-state index contributed by atoms with van der Waals surface area (Å²) in [6, 6.07) is 8.15. The van der Waals surface area contributed by atoms with Gasteiger partial charge in [-0.25, -0.2) is 9.18 Å². The maximum Gasteiger partial charge on any atom is 0.337 e. The number of carboxylic acid groups (broad SMARTS) is 1. The molecule has 1 heterocycles. The number of hydrogen-bond acceptors (Lipinski definition) is 2. The molecule has 3 aromatic rings. The van der Waals surface area contributed by atoms with Crippen LogP contribution in [-0.4, -0.2) is 23.2 Å². The zero-order chi connectivity index (χ0) is 15.9. The van der Waals surface area contributed by atoms with Crippen LogP contribution in [0.5, 0.6) is 5.75 Å². The van der Waals surface area contributed by atoms with E-state index in [1.165, 1.54) is 19.4 Å². The Bertz CT molecular complexity index is 883. The van der Waals surface area contributed by atoms with Gasteiger partial charge in [0, 0.05) is 28.7 Å². The van der Waals surface area contributed by atoms with Crippen LogP contribution in [0.4, 0.5) is 4.39 Å². The lowest BCUT2D eigenvalue weighted by Crippen LogP contribution is -1.95. The minimum absolute atomic E-state index is 0.171. The molecule has 0 bridgehead atoms. The zero-order valence-corrected chi connectivity index (χ0v) is 12.1. The van der Waals surface area contributed by atoms with Gasteiger partial charge in [-0.2, -0.15) is 0 Å². The Balaban J connectivity index is 2.24. The summed E-state index contributed by atoms with van der Waals surface area (Å²) in [6.07, 6.45) is 1.45. The molecule has 0 amide bonds. The van der Waals surface area contributed by atoms with E-state index >= 15 is 0 Å². The minimum atomic E-state index is -1.02. The van der Waals surface area contributed by atoms with Crippen LogP contribution in [0.15, 0.2) is 36.5 Å². The number of halogens is 1. The fraction of sp³-hybridized carbons (Fsp3) is 0.118. The molecule has 0 fully saturated rings. The molecule has 0 atom stereocenters. The van der Waals surface area contributed by atoms with Crippen LogP contribution in [-0.2, 0) is 0 Å². The number of ether oxygens (including phenoxy) is 1. The number of carbonyl (C=O) groups is 1. The van der Waals surface area contributed by atoms with Gasteiger partial charge < -0.3 is 14.8 Å². The number of aryl methyl sites for hydroxylation is 1. The number of benzene rings is 2. The molecule has 2 aromatic carbocycles. The Hall–Kier alpha value is -2.82. The van der Waals surface area contributed by atoms with Gasteiger partial charge in [0.15, 0.2) is 0 Å². The summed E-state index contributed by atoms with van der Waals surface area (Å²) in [5, 5.41) is 9.77. The van der Waals surface area contributed by atoms with Crippen LogP contribution in [0.2, 0.25) is 0 Å². The fourth-order valence-electron chi connectivity index (χ4n) is 2.59. The van der Waals surface area contributed by atoms with E-state index in [1.54, 1.807) is 18.2 Å². The molecule has 0 radical (unpaired) electrons. The third-order valence-corrected chi connectivity index (χ3v) is 3.72. The summed E-state index contributed by atoms with van der Waals surface area (Å²) in [5.74, 6) is -0.988. The van der Waals surface area contributed by atoms with Crippen LogP contribution in [0.1, 0.15) is 15.9 Å². The third-order valence-electron chi connectivity index (χ3n) is 3.72. The van der Waals surface area contributed by atoms with Crippen molar-refractivity contribution in [2.45, 2.75) is 6.92 Å². The van der Waals surface area contributed by atoms with E-state index in [1.807, 2.05) is 13.0 Å². The zero-order valence-electron chi connectivity index (χ0n) is 12.1. The van der Waals surface area contributed by atoms with E-state index in [9.17, 15) is 14.3 Å². The first-order valence-electron chi connectivity index (χ1n) is 6.70. The van der Waals surface area contributed by atoms with Gasteiger partial charge in [0.2, 0.25) is 0 Å². The fourth-order valence-corrected chi connectivity index (χ4v) is 2.59. The van der Waals surface area contributed by atoms with Gasteiger partial charge in [-0.05, 0) is 42.3 Å². The number of aromatic nitrogens is 1. The van der Waals surface area contributed by atoms with E-state index in [0.29, 0.717) is 27.8 Å². The van der Waals surface area contributed by atoms with Crippen molar-refractivity contribution in [2.75, 3.05) is 7.11 Å². The lowest BCUT2D eigenvalue weighted by Gasteiger charge is -2.10. The molecule has 22 heavy (non-hydrogen) atoms. The van der Waals surface area contributed by atoms with Gasteiger partial charge in [-0.15, -0.1) is 0 Å². The smallest absolute Gasteiger partial charge is 0.337 e. The van der Waals surface area contributed by atoms with Crippen LogP contribution < -0.4 is 4.74 Å². The lowest BCUT2D eigenvalue weighted by atomic mass is 9.97. The molecule has 0 aliphatic rings.